The predicted molar refractivity (Wildman–Crippen MR) is 68.6 cm³/mol. The maximum Gasteiger partial charge on any atom is 0.387 e. The number of nitrogens with zero attached hydrogens (tertiary/aromatic N) is 1. The average Bonchev–Trinajstić information content (AvgIpc) is 2.46. The number of alkyl halides is 2. The second-order valence-corrected chi connectivity index (χ2v) is 3.95. The molecule has 110 valence electrons. The van der Waals surface area contributed by atoms with E-state index in [2.05, 4.69) is 9.72 Å². The Labute approximate surface area is 118 Å². The van der Waals surface area contributed by atoms with Crippen LogP contribution < -0.4 is 9.47 Å². The monoisotopic (exact) mass is 295 g/mol. The first kappa shape index (κ1) is 14.7. The van der Waals surface area contributed by atoms with Crippen LogP contribution in [-0.2, 0) is 6.61 Å². The van der Waals surface area contributed by atoms with Crippen molar-refractivity contribution in [2.24, 2.45) is 0 Å². The van der Waals surface area contributed by atoms with Gasteiger partial charge in [0, 0.05) is 11.8 Å². The standard InChI is InChI=1S/C14H11F2NO4/c15-14(16)21-11-4-2-1-3-9(11)8-20-12-7-17-6-5-10(12)13(18)19/h1-7,14H,8H2,(H,18,19). The number of benzene rings is 1. The van der Waals surface area contributed by atoms with E-state index in [1.165, 1.54) is 24.5 Å². The van der Waals surface area contributed by atoms with Gasteiger partial charge in [0.2, 0.25) is 0 Å². The highest BCUT2D eigenvalue weighted by molar-refractivity contribution is 5.90. The molecule has 21 heavy (non-hydrogen) atoms. The fourth-order valence-electron chi connectivity index (χ4n) is 1.66. The van der Waals surface area contributed by atoms with Gasteiger partial charge in [0.05, 0.1) is 6.20 Å². The average molecular weight is 295 g/mol. The van der Waals surface area contributed by atoms with Crippen LogP contribution in [0.15, 0.2) is 42.7 Å². The maximum atomic E-state index is 12.3. The number of aromatic nitrogens is 1. The van der Waals surface area contributed by atoms with E-state index in [1.807, 2.05) is 0 Å². The molecule has 5 nitrogen and oxygen atoms in total. The van der Waals surface area contributed by atoms with Gasteiger partial charge >= 0.3 is 12.6 Å². The zero-order valence-electron chi connectivity index (χ0n) is 10.7. The molecule has 1 aromatic carbocycles. The number of ether oxygens (including phenoxy) is 2. The van der Waals surface area contributed by atoms with Crippen molar-refractivity contribution in [1.82, 2.24) is 4.98 Å². The second kappa shape index (κ2) is 6.65. The number of para-hydroxylation sites is 1. The maximum absolute atomic E-state index is 12.3. The topological polar surface area (TPSA) is 68.7 Å². The summed E-state index contributed by atoms with van der Waals surface area (Å²) in [6.45, 7) is -3.06. The van der Waals surface area contributed by atoms with Crippen molar-refractivity contribution in [3.8, 4) is 11.5 Å². The van der Waals surface area contributed by atoms with Crippen LogP contribution in [0.2, 0.25) is 0 Å². The van der Waals surface area contributed by atoms with Crippen molar-refractivity contribution >= 4 is 5.97 Å². The molecule has 0 aliphatic heterocycles. The Hall–Kier alpha value is -2.70. The molecule has 0 bridgehead atoms. The molecule has 0 saturated carbocycles. The first-order chi connectivity index (χ1) is 10.1. The van der Waals surface area contributed by atoms with Crippen LogP contribution in [-0.4, -0.2) is 22.7 Å². The molecule has 0 unspecified atom stereocenters. The lowest BCUT2D eigenvalue weighted by atomic mass is 10.2. The number of carboxylic acid groups (broad SMARTS) is 1. The summed E-state index contributed by atoms with van der Waals surface area (Å²) in [4.78, 5) is 14.8. The molecule has 0 aliphatic rings. The van der Waals surface area contributed by atoms with Gasteiger partial charge in [-0.25, -0.2) is 4.79 Å². The minimum atomic E-state index is -2.95. The number of hydrogen-bond donors (Lipinski definition) is 1. The van der Waals surface area contributed by atoms with Crippen LogP contribution in [0.5, 0.6) is 11.5 Å². The summed E-state index contributed by atoms with van der Waals surface area (Å²) in [5.41, 5.74) is 0.315. The molecule has 2 rings (SSSR count). The number of carbonyl (C=O) groups is 1. The Kier molecular flexibility index (Phi) is 4.65. The Bertz CT molecular complexity index is 634. The minimum Gasteiger partial charge on any atom is -0.486 e. The van der Waals surface area contributed by atoms with E-state index in [9.17, 15) is 13.6 Å². The van der Waals surface area contributed by atoms with Crippen molar-refractivity contribution in [3.05, 3.63) is 53.9 Å². The van der Waals surface area contributed by atoms with Gasteiger partial charge in [-0.2, -0.15) is 8.78 Å². The normalized spacial score (nSPS) is 10.4. The quantitative estimate of drug-likeness (QED) is 0.887. The first-order valence-corrected chi connectivity index (χ1v) is 5.90. The molecular weight excluding hydrogens is 284 g/mol. The molecule has 7 heteroatoms. The first-order valence-electron chi connectivity index (χ1n) is 5.90. The summed E-state index contributed by atoms with van der Waals surface area (Å²) in [7, 11) is 0. The zero-order valence-corrected chi connectivity index (χ0v) is 10.7. The number of halogens is 2. The van der Waals surface area contributed by atoms with Crippen molar-refractivity contribution < 1.29 is 28.2 Å². The summed E-state index contributed by atoms with van der Waals surface area (Å²) in [5, 5.41) is 9.00. The number of hydrogen-bond acceptors (Lipinski definition) is 4. The third-order valence-electron chi connectivity index (χ3n) is 2.59. The molecule has 2 aromatic rings. The van der Waals surface area contributed by atoms with Gasteiger partial charge < -0.3 is 14.6 Å². The highest BCUT2D eigenvalue weighted by Crippen LogP contribution is 2.23. The molecule has 1 heterocycles. The van der Waals surface area contributed by atoms with Gasteiger partial charge in [0.1, 0.15) is 17.9 Å². The Morgan fingerprint density at radius 2 is 2.00 bits per heavy atom. The summed E-state index contributed by atoms with van der Waals surface area (Å²) in [5.74, 6) is -1.13. The summed E-state index contributed by atoms with van der Waals surface area (Å²) in [6, 6.07) is 7.41. The number of carboxylic acids is 1. The molecule has 0 amide bonds. The van der Waals surface area contributed by atoms with Crippen molar-refractivity contribution in [3.63, 3.8) is 0 Å². The van der Waals surface area contributed by atoms with Crippen LogP contribution in [0.25, 0.3) is 0 Å². The van der Waals surface area contributed by atoms with E-state index in [4.69, 9.17) is 9.84 Å². The molecule has 0 saturated heterocycles. The lowest BCUT2D eigenvalue weighted by Gasteiger charge is -2.12. The van der Waals surface area contributed by atoms with Gasteiger partial charge in [-0.15, -0.1) is 0 Å². The van der Waals surface area contributed by atoms with Gasteiger partial charge in [-0.1, -0.05) is 18.2 Å². The van der Waals surface area contributed by atoms with E-state index < -0.39 is 12.6 Å². The van der Waals surface area contributed by atoms with Gasteiger partial charge in [-0.3, -0.25) is 4.98 Å². The third-order valence-corrected chi connectivity index (χ3v) is 2.59. The molecule has 0 spiro atoms. The van der Waals surface area contributed by atoms with E-state index in [1.54, 1.807) is 18.2 Å². The van der Waals surface area contributed by atoms with Gasteiger partial charge in [-0.05, 0) is 12.1 Å². The largest absolute Gasteiger partial charge is 0.486 e. The molecular formula is C14H11F2NO4. The van der Waals surface area contributed by atoms with Crippen LogP contribution >= 0.6 is 0 Å². The predicted octanol–water partition coefficient (Wildman–Crippen LogP) is 2.96. The lowest BCUT2D eigenvalue weighted by Crippen LogP contribution is -2.07. The van der Waals surface area contributed by atoms with Crippen LogP contribution in [0.3, 0.4) is 0 Å². The highest BCUT2D eigenvalue weighted by Gasteiger charge is 2.13. The Balaban J connectivity index is 2.15. The summed E-state index contributed by atoms with van der Waals surface area (Å²) >= 11 is 0. The van der Waals surface area contributed by atoms with Crippen LogP contribution in [0.4, 0.5) is 8.78 Å². The van der Waals surface area contributed by atoms with Crippen molar-refractivity contribution in [2.45, 2.75) is 13.2 Å². The van der Waals surface area contributed by atoms with Gasteiger partial charge in [0.15, 0.2) is 5.75 Å². The molecule has 1 N–H and O–H groups in total. The SMILES string of the molecule is O=C(O)c1ccncc1OCc1ccccc1OC(F)F. The number of pyridine rings is 1. The molecule has 0 fully saturated rings. The van der Waals surface area contributed by atoms with Crippen molar-refractivity contribution in [1.29, 1.82) is 0 Å². The van der Waals surface area contributed by atoms with E-state index in [-0.39, 0.29) is 23.7 Å². The minimum absolute atomic E-state index is 0.0201. The van der Waals surface area contributed by atoms with Crippen molar-refractivity contribution in [2.75, 3.05) is 0 Å². The lowest BCUT2D eigenvalue weighted by molar-refractivity contribution is -0.0508. The highest BCUT2D eigenvalue weighted by atomic mass is 19.3. The number of rotatable bonds is 6. The van der Waals surface area contributed by atoms with Crippen LogP contribution in [0, 0.1) is 0 Å². The smallest absolute Gasteiger partial charge is 0.387 e. The van der Waals surface area contributed by atoms with Crippen LogP contribution in [0.1, 0.15) is 15.9 Å². The Morgan fingerprint density at radius 3 is 2.71 bits per heavy atom. The molecule has 1 aromatic heterocycles. The molecule has 0 radical (unpaired) electrons. The number of aromatic carboxylic acids is 1. The summed E-state index contributed by atoms with van der Waals surface area (Å²) in [6.07, 6.45) is 2.57. The van der Waals surface area contributed by atoms with E-state index in [0.29, 0.717) is 5.56 Å². The summed E-state index contributed by atoms with van der Waals surface area (Å²) < 4.78 is 34.3. The van der Waals surface area contributed by atoms with Gasteiger partial charge in [0.25, 0.3) is 0 Å². The fraction of sp³-hybridized carbons (Fsp3) is 0.143. The third kappa shape index (κ3) is 3.88. The fourth-order valence-corrected chi connectivity index (χ4v) is 1.66. The second-order valence-electron chi connectivity index (χ2n) is 3.95. The molecule has 0 aliphatic carbocycles. The Morgan fingerprint density at radius 1 is 1.24 bits per heavy atom. The van der Waals surface area contributed by atoms with E-state index in [0.717, 1.165) is 0 Å². The zero-order chi connectivity index (χ0) is 15.2. The van der Waals surface area contributed by atoms with E-state index >= 15 is 0 Å². The molecule has 0 atom stereocenters.